The van der Waals surface area contributed by atoms with Crippen LogP contribution < -0.4 is 4.90 Å². The zero-order valence-corrected chi connectivity index (χ0v) is 15.5. The lowest BCUT2D eigenvalue weighted by atomic mass is 10.1. The maximum absolute atomic E-state index is 3.67. The molecule has 0 saturated heterocycles. The average Bonchev–Trinajstić information content (AvgIpc) is 2.64. The molecule has 0 aliphatic heterocycles. The van der Waals surface area contributed by atoms with E-state index in [2.05, 4.69) is 74.0 Å². The van der Waals surface area contributed by atoms with Gasteiger partial charge in [-0.05, 0) is 24.5 Å². The number of anilines is 1. The fourth-order valence-electron chi connectivity index (χ4n) is 2.08. The summed E-state index contributed by atoms with van der Waals surface area (Å²) in [5, 5.41) is 2.54. The summed E-state index contributed by atoms with van der Waals surface area (Å²) >= 11 is 0. The first-order chi connectivity index (χ1) is 11.2. The Morgan fingerprint density at radius 3 is 2.17 bits per heavy atom. The molecule has 1 heteroatoms. The van der Waals surface area contributed by atoms with Crippen LogP contribution in [0, 0.1) is 0 Å². The summed E-state index contributed by atoms with van der Waals surface area (Å²) < 4.78 is 0. The highest BCUT2D eigenvalue weighted by Crippen LogP contribution is 2.27. The smallest absolute Gasteiger partial charge is 0.0485 e. The lowest BCUT2D eigenvalue weighted by Crippen LogP contribution is -2.14. The van der Waals surface area contributed by atoms with Gasteiger partial charge in [-0.2, -0.15) is 0 Å². The van der Waals surface area contributed by atoms with E-state index >= 15 is 0 Å². The van der Waals surface area contributed by atoms with Crippen molar-refractivity contribution in [1.29, 1.82) is 0 Å². The molecule has 0 spiro atoms. The summed E-state index contributed by atoms with van der Waals surface area (Å²) in [6.45, 7) is 13.8. The molecule has 2 aromatic carbocycles. The third-order valence-corrected chi connectivity index (χ3v) is 3.24. The average molecular weight is 309 g/mol. The Labute approximate surface area is 142 Å². The summed E-state index contributed by atoms with van der Waals surface area (Å²) in [7, 11) is 2.09. The minimum absolute atomic E-state index is 1.19. The van der Waals surface area contributed by atoms with Gasteiger partial charge in [-0.3, -0.25) is 0 Å². The molecule has 0 amide bonds. The highest BCUT2D eigenvalue weighted by atomic mass is 15.1. The van der Waals surface area contributed by atoms with Crippen molar-refractivity contribution in [2.75, 3.05) is 11.9 Å². The Bertz CT molecular complexity index is 630. The monoisotopic (exact) mass is 309 g/mol. The van der Waals surface area contributed by atoms with E-state index < -0.39 is 0 Å². The third-order valence-electron chi connectivity index (χ3n) is 3.24. The largest absolute Gasteiger partial charge is 0.348 e. The van der Waals surface area contributed by atoms with Crippen LogP contribution in [0.15, 0.2) is 79.0 Å². The van der Waals surface area contributed by atoms with Crippen molar-refractivity contribution in [3.8, 4) is 0 Å². The van der Waals surface area contributed by atoms with E-state index in [9.17, 15) is 0 Å². The van der Waals surface area contributed by atoms with Gasteiger partial charge in [-0.15, -0.1) is 0 Å². The van der Waals surface area contributed by atoms with Crippen LogP contribution in [0.2, 0.25) is 0 Å². The highest BCUT2D eigenvalue weighted by molar-refractivity contribution is 5.94. The molecule has 124 valence electrons. The molecular formula is C22H31N. The summed E-state index contributed by atoms with van der Waals surface area (Å²) in [5.74, 6) is 0. The van der Waals surface area contributed by atoms with Crippen molar-refractivity contribution >= 4 is 16.5 Å². The molecule has 0 fully saturated rings. The van der Waals surface area contributed by atoms with Gasteiger partial charge in [0.25, 0.3) is 0 Å². The number of benzene rings is 2. The second-order valence-corrected chi connectivity index (χ2v) is 4.49. The summed E-state index contributed by atoms with van der Waals surface area (Å²) in [5.41, 5.74) is 2.41. The third kappa shape index (κ3) is 6.15. The van der Waals surface area contributed by atoms with Crippen molar-refractivity contribution in [3.63, 3.8) is 0 Å². The Kier molecular flexibility index (Phi) is 11.1. The number of fused-ring (bicyclic) bond motifs is 1. The van der Waals surface area contributed by atoms with E-state index in [1.807, 2.05) is 39.8 Å². The Balaban J connectivity index is 0.00000112. The number of rotatable bonds is 4. The first kappa shape index (κ1) is 20.7. The number of allylic oxidation sites excluding steroid dienone is 5. The van der Waals surface area contributed by atoms with Crippen molar-refractivity contribution < 1.29 is 0 Å². The molecule has 0 radical (unpaired) electrons. The van der Waals surface area contributed by atoms with Gasteiger partial charge in [-0.25, -0.2) is 0 Å². The van der Waals surface area contributed by atoms with E-state index in [1.54, 1.807) is 6.08 Å². The zero-order valence-electron chi connectivity index (χ0n) is 15.5. The molecule has 0 heterocycles. The van der Waals surface area contributed by atoms with Crippen LogP contribution in [0.5, 0.6) is 0 Å². The number of hydrogen-bond donors (Lipinski definition) is 0. The molecule has 0 bridgehead atoms. The molecule has 0 aliphatic carbocycles. The van der Waals surface area contributed by atoms with Crippen LogP contribution in [0.1, 0.15) is 34.6 Å². The minimum atomic E-state index is 1.19. The van der Waals surface area contributed by atoms with E-state index in [1.165, 1.54) is 22.2 Å². The van der Waals surface area contributed by atoms with Crippen molar-refractivity contribution in [1.82, 2.24) is 0 Å². The fraction of sp³-hybridized carbons (Fsp3) is 0.273. The second-order valence-electron chi connectivity index (χ2n) is 4.49. The summed E-state index contributed by atoms with van der Waals surface area (Å²) in [4.78, 5) is 2.20. The zero-order chi connectivity index (χ0) is 17.7. The standard InChI is InChI=1S/C18H19N.2C2H6/c1-4-5-6-10-15(2)19(3)18-14-9-12-16-11-7-8-13-17(16)18;2*1-2/h4-14H,1H2,2-3H3;2*1-2H3/b6-5-,15-10+;;. The molecule has 0 atom stereocenters. The second kappa shape index (κ2) is 12.3. The van der Waals surface area contributed by atoms with Crippen LogP contribution >= 0.6 is 0 Å². The first-order valence-corrected chi connectivity index (χ1v) is 8.41. The molecule has 0 unspecified atom stereocenters. The van der Waals surface area contributed by atoms with Crippen LogP contribution in [-0.2, 0) is 0 Å². The Morgan fingerprint density at radius 1 is 0.913 bits per heavy atom. The predicted molar refractivity (Wildman–Crippen MR) is 108 cm³/mol. The van der Waals surface area contributed by atoms with E-state index in [0.29, 0.717) is 0 Å². The molecule has 2 rings (SSSR count). The highest BCUT2D eigenvalue weighted by Gasteiger charge is 2.06. The molecule has 23 heavy (non-hydrogen) atoms. The maximum Gasteiger partial charge on any atom is 0.0485 e. The van der Waals surface area contributed by atoms with Crippen LogP contribution in [-0.4, -0.2) is 7.05 Å². The maximum atomic E-state index is 3.67. The van der Waals surface area contributed by atoms with Gasteiger partial charge in [-0.1, -0.05) is 88.9 Å². The van der Waals surface area contributed by atoms with E-state index in [-0.39, 0.29) is 0 Å². The normalized spacial score (nSPS) is 10.4. The molecule has 0 aliphatic rings. The van der Waals surface area contributed by atoms with Gasteiger partial charge in [0.2, 0.25) is 0 Å². The molecule has 0 aromatic heterocycles. The predicted octanol–water partition coefficient (Wildman–Crippen LogP) is 6.97. The van der Waals surface area contributed by atoms with Gasteiger partial charge < -0.3 is 4.90 Å². The van der Waals surface area contributed by atoms with Gasteiger partial charge in [0, 0.05) is 23.8 Å². The number of nitrogens with zero attached hydrogens (tertiary/aromatic N) is 1. The lowest BCUT2D eigenvalue weighted by Gasteiger charge is -2.21. The Hall–Kier alpha value is -2.28. The first-order valence-electron chi connectivity index (χ1n) is 8.41. The van der Waals surface area contributed by atoms with E-state index in [4.69, 9.17) is 0 Å². The number of hydrogen-bond acceptors (Lipinski definition) is 1. The molecule has 2 aromatic rings. The molecule has 1 nitrogen and oxygen atoms in total. The SMILES string of the molecule is C=C/C=C\C=C(/C)N(C)c1cccc2ccccc12.CC.CC. The van der Waals surface area contributed by atoms with Crippen molar-refractivity contribution in [3.05, 3.63) is 79.0 Å². The Morgan fingerprint density at radius 2 is 1.52 bits per heavy atom. The van der Waals surface area contributed by atoms with Crippen molar-refractivity contribution in [2.45, 2.75) is 34.6 Å². The quantitative estimate of drug-likeness (QED) is 0.551. The lowest BCUT2D eigenvalue weighted by molar-refractivity contribution is 1.10. The topological polar surface area (TPSA) is 3.24 Å². The molecule has 0 saturated carbocycles. The van der Waals surface area contributed by atoms with Gasteiger partial charge >= 0.3 is 0 Å². The van der Waals surface area contributed by atoms with Crippen LogP contribution in [0.4, 0.5) is 5.69 Å². The molecule has 0 N–H and O–H groups in total. The van der Waals surface area contributed by atoms with Gasteiger partial charge in [0.05, 0.1) is 0 Å². The van der Waals surface area contributed by atoms with Gasteiger partial charge in [0.15, 0.2) is 0 Å². The molecular weight excluding hydrogens is 278 g/mol. The summed E-state index contributed by atoms with van der Waals surface area (Å²) in [6, 6.07) is 14.8. The van der Waals surface area contributed by atoms with Crippen LogP contribution in [0.3, 0.4) is 0 Å². The van der Waals surface area contributed by atoms with Gasteiger partial charge in [0.1, 0.15) is 0 Å². The summed E-state index contributed by atoms with van der Waals surface area (Å²) in [6.07, 6.45) is 7.80. The fourth-order valence-corrected chi connectivity index (χ4v) is 2.08. The van der Waals surface area contributed by atoms with Crippen molar-refractivity contribution in [2.24, 2.45) is 0 Å². The minimum Gasteiger partial charge on any atom is -0.348 e. The van der Waals surface area contributed by atoms with E-state index in [0.717, 1.165) is 0 Å². The van der Waals surface area contributed by atoms with Crippen LogP contribution in [0.25, 0.3) is 10.8 Å².